The van der Waals surface area contributed by atoms with E-state index in [-0.39, 0.29) is 24.2 Å². The maximum absolute atomic E-state index is 12.1. The van der Waals surface area contributed by atoms with E-state index >= 15 is 0 Å². The molecule has 0 bridgehead atoms. The Morgan fingerprint density at radius 3 is 2.47 bits per heavy atom. The summed E-state index contributed by atoms with van der Waals surface area (Å²) in [7, 11) is 1.53. The number of hydrogen-bond donors (Lipinski definition) is 3. The zero-order chi connectivity index (χ0) is 14.8. The molecule has 0 fully saturated rings. The summed E-state index contributed by atoms with van der Waals surface area (Å²) >= 11 is 0. The molecule has 4 N–H and O–H groups in total. The summed E-state index contributed by atoms with van der Waals surface area (Å²) in [5, 5.41) is 14.2. The molecule has 0 aromatic heterocycles. The number of nitrogens with zero attached hydrogens (tertiary/aromatic N) is 2. The molecular formula is C12H24N4O3. The van der Waals surface area contributed by atoms with E-state index in [1.54, 1.807) is 0 Å². The third-order valence-electron chi connectivity index (χ3n) is 2.68. The molecule has 0 rings (SSSR count). The normalized spacial score (nSPS) is 12.9. The zero-order valence-corrected chi connectivity index (χ0v) is 11.8. The fourth-order valence-corrected chi connectivity index (χ4v) is 1.64. The second-order valence-electron chi connectivity index (χ2n) is 4.41. The number of rotatable bonds is 8. The van der Waals surface area contributed by atoms with Crippen molar-refractivity contribution in [1.82, 2.24) is 10.2 Å². The average Bonchev–Trinajstić information content (AvgIpc) is 2.40. The lowest BCUT2D eigenvalue weighted by atomic mass is 10.0. The number of carbonyl (C=O) groups is 2. The van der Waals surface area contributed by atoms with Crippen LogP contribution in [0.25, 0.3) is 0 Å². The summed E-state index contributed by atoms with van der Waals surface area (Å²) in [4.78, 5) is 24.9. The Balaban J connectivity index is 4.54. The van der Waals surface area contributed by atoms with Gasteiger partial charge in [0.2, 0.25) is 11.8 Å². The van der Waals surface area contributed by atoms with Crippen molar-refractivity contribution in [3.05, 3.63) is 0 Å². The van der Waals surface area contributed by atoms with Gasteiger partial charge in [0.25, 0.3) is 0 Å². The Morgan fingerprint density at radius 2 is 2.00 bits per heavy atom. The van der Waals surface area contributed by atoms with E-state index in [2.05, 4.69) is 10.5 Å². The van der Waals surface area contributed by atoms with Crippen molar-refractivity contribution in [2.75, 3.05) is 20.1 Å². The maximum atomic E-state index is 12.1. The van der Waals surface area contributed by atoms with Crippen LogP contribution in [0.2, 0.25) is 0 Å². The van der Waals surface area contributed by atoms with Gasteiger partial charge in [-0.3, -0.25) is 9.59 Å². The first-order valence-electron chi connectivity index (χ1n) is 6.46. The van der Waals surface area contributed by atoms with Crippen LogP contribution in [0.1, 0.15) is 33.1 Å². The summed E-state index contributed by atoms with van der Waals surface area (Å²) in [5.74, 6) is -1.33. The molecule has 2 amide bonds. The van der Waals surface area contributed by atoms with Crippen molar-refractivity contribution in [3.63, 3.8) is 0 Å². The molecule has 0 saturated heterocycles. The van der Waals surface area contributed by atoms with Crippen molar-refractivity contribution >= 4 is 17.6 Å². The predicted octanol–water partition coefficient (Wildman–Crippen LogP) is 0.134. The lowest BCUT2D eigenvalue weighted by Crippen LogP contribution is -2.44. The average molecular weight is 272 g/mol. The van der Waals surface area contributed by atoms with Crippen molar-refractivity contribution in [1.29, 1.82) is 0 Å². The van der Waals surface area contributed by atoms with Gasteiger partial charge in [0.15, 0.2) is 5.84 Å². The standard InChI is InChI=1S/C12H24N4O3/c1-4-6-9(11(13)15-19)12(18)16(3)8-10(17)14-7-5-2/h9,19H,4-8H2,1-3H3,(H2,13,15)(H,14,17). The summed E-state index contributed by atoms with van der Waals surface area (Å²) in [6.45, 7) is 4.40. The molecule has 7 heteroatoms. The SMILES string of the molecule is CCCNC(=O)CN(C)C(=O)C(CCC)C(N)=NO. The molecule has 1 unspecified atom stereocenters. The minimum atomic E-state index is -0.682. The molecule has 0 radical (unpaired) electrons. The molecule has 0 saturated carbocycles. The van der Waals surface area contributed by atoms with Crippen LogP contribution in [0, 0.1) is 5.92 Å². The largest absolute Gasteiger partial charge is 0.409 e. The van der Waals surface area contributed by atoms with E-state index in [0.29, 0.717) is 13.0 Å². The number of carbonyl (C=O) groups excluding carboxylic acids is 2. The topological polar surface area (TPSA) is 108 Å². The van der Waals surface area contributed by atoms with Gasteiger partial charge < -0.3 is 21.2 Å². The smallest absolute Gasteiger partial charge is 0.239 e. The van der Waals surface area contributed by atoms with Crippen LogP contribution in [0.5, 0.6) is 0 Å². The molecule has 0 aromatic carbocycles. The number of amides is 2. The fraction of sp³-hybridized carbons (Fsp3) is 0.750. The first kappa shape index (κ1) is 17.2. The number of nitrogens with two attached hydrogens (primary N) is 1. The first-order valence-corrected chi connectivity index (χ1v) is 6.46. The van der Waals surface area contributed by atoms with E-state index in [9.17, 15) is 9.59 Å². The Bertz CT molecular complexity index is 331. The van der Waals surface area contributed by atoms with Crippen molar-refractivity contribution in [2.45, 2.75) is 33.1 Å². The first-order chi connectivity index (χ1) is 8.97. The maximum Gasteiger partial charge on any atom is 0.239 e. The van der Waals surface area contributed by atoms with Crippen LogP contribution in [0.15, 0.2) is 5.16 Å². The summed E-state index contributed by atoms with van der Waals surface area (Å²) in [6.07, 6.45) is 2.05. The molecule has 110 valence electrons. The lowest BCUT2D eigenvalue weighted by Gasteiger charge is -2.22. The molecule has 7 nitrogen and oxygen atoms in total. The quantitative estimate of drug-likeness (QED) is 0.253. The predicted molar refractivity (Wildman–Crippen MR) is 72.7 cm³/mol. The van der Waals surface area contributed by atoms with Crippen molar-refractivity contribution < 1.29 is 14.8 Å². The third kappa shape index (κ3) is 6.08. The van der Waals surface area contributed by atoms with E-state index < -0.39 is 5.92 Å². The minimum Gasteiger partial charge on any atom is -0.409 e. The Hall–Kier alpha value is -1.79. The van der Waals surface area contributed by atoms with Gasteiger partial charge >= 0.3 is 0 Å². The molecule has 0 aliphatic rings. The summed E-state index contributed by atoms with van der Waals surface area (Å²) in [6, 6.07) is 0. The van der Waals surface area contributed by atoms with Gasteiger partial charge in [-0.15, -0.1) is 0 Å². The van der Waals surface area contributed by atoms with Gasteiger partial charge in [-0.1, -0.05) is 25.4 Å². The zero-order valence-electron chi connectivity index (χ0n) is 11.8. The van der Waals surface area contributed by atoms with Gasteiger partial charge in [0.1, 0.15) is 0 Å². The highest BCUT2D eigenvalue weighted by molar-refractivity contribution is 6.02. The van der Waals surface area contributed by atoms with Crippen molar-refractivity contribution in [3.8, 4) is 0 Å². The number of oxime groups is 1. The molecule has 0 aliphatic heterocycles. The third-order valence-corrected chi connectivity index (χ3v) is 2.68. The Kier molecular flexibility index (Phi) is 8.32. The minimum absolute atomic E-state index is 0.0300. The van der Waals surface area contributed by atoms with Gasteiger partial charge in [0.05, 0.1) is 12.5 Å². The van der Waals surface area contributed by atoms with E-state index in [1.165, 1.54) is 11.9 Å². The fourth-order valence-electron chi connectivity index (χ4n) is 1.64. The van der Waals surface area contributed by atoms with E-state index in [1.807, 2.05) is 13.8 Å². The number of hydrogen-bond acceptors (Lipinski definition) is 4. The molecule has 0 spiro atoms. The molecular weight excluding hydrogens is 248 g/mol. The van der Waals surface area contributed by atoms with Crippen LogP contribution >= 0.6 is 0 Å². The molecule has 0 aliphatic carbocycles. The lowest BCUT2D eigenvalue weighted by molar-refractivity contribution is -0.136. The van der Waals surface area contributed by atoms with Crippen LogP contribution in [-0.4, -0.2) is 47.9 Å². The molecule has 0 aromatic rings. The van der Waals surface area contributed by atoms with E-state index in [4.69, 9.17) is 10.9 Å². The van der Waals surface area contributed by atoms with Crippen molar-refractivity contribution in [2.24, 2.45) is 16.8 Å². The second-order valence-corrected chi connectivity index (χ2v) is 4.41. The number of amidine groups is 1. The van der Waals surface area contributed by atoms with Gasteiger partial charge in [-0.25, -0.2) is 0 Å². The molecule has 1 atom stereocenters. The molecule has 19 heavy (non-hydrogen) atoms. The van der Waals surface area contributed by atoms with Crippen LogP contribution in [0.3, 0.4) is 0 Å². The Labute approximate surface area is 113 Å². The van der Waals surface area contributed by atoms with Gasteiger partial charge in [-0.05, 0) is 12.8 Å². The van der Waals surface area contributed by atoms with Gasteiger partial charge in [-0.2, -0.15) is 0 Å². The second kappa shape index (κ2) is 9.18. The highest BCUT2D eigenvalue weighted by Crippen LogP contribution is 2.10. The summed E-state index contributed by atoms with van der Waals surface area (Å²) in [5.41, 5.74) is 5.50. The summed E-state index contributed by atoms with van der Waals surface area (Å²) < 4.78 is 0. The van der Waals surface area contributed by atoms with Crippen LogP contribution < -0.4 is 11.1 Å². The monoisotopic (exact) mass is 272 g/mol. The van der Waals surface area contributed by atoms with Gasteiger partial charge in [0, 0.05) is 13.6 Å². The van der Waals surface area contributed by atoms with Crippen LogP contribution in [-0.2, 0) is 9.59 Å². The highest BCUT2D eigenvalue weighted by atomic mass is 16.4. The number of likely N-dealkylation sites (N-methyl/N-ethyl adjacent to an activating group) is 1. The highest BCUT2D eigenvalue weighted by Gasteiger charge is 2.26. The molecule has 0 heterocycles. The van der Waals surface area contributed by atoms with E-state index in [0.717, 1.165) is 12.8 Å². The Morgan fingerprint density at radius 1 is 1.37 bits per heavy atom. The van der Waals surface area contributed by atoms with Crippen LogP contribution in [0.4, 0.5) is 0 Å². The number of nitrogens with one attached hydrogen (secondary N) is 1.